The van der Waals surface area contributed by atoms with Gasteiger partial charge in [-0.25, -0.2) is 0 Å². The SMILES string of the molecule is CC(C)CC1CCC(C)CC1.CCCC(C)C.CCCCC(C)C. The molecule has 24 heavy (non-hydrogen) atoms. The normalized spacial score (nSPS) is 20.5. The van der Waals surface area contributed by atoms with Gasteiger partial charge in [-0.05, 0) is 36.0 Å². The van der Waals surface area contributed by atoms with Crippen LogP contribution in [0.3, 0.4) is 0 Å². The zero-order valence-corrected chi connectivity index (χ0v) is 19.0. The van der Waals surface area contributed by atoms with E-state index in [9.17, 15) is 0 Å². The van der Waals surface area contributed by atoms with Crippen molar-refractivity contribution in [3.63, 3.8) is 0 Å². The Labute approximate surface area is 156 Å². The molecule has 1 aliphatic carbocycles. The average Bonchev–Trinajstić information content (AvgIpc) is 2.48. The predicted octanol–water partition coefficient (Wildman–Crippen LogP) is 9.13. The van der Waals surface area contributed by atoms with Crippen molar-refractivity contribution in [2.75, 3.05) is 0 Å². The molecule has 0 aliphatic heterocycles. The molecule has 0 amide bonds. The fourth-order valence-electron chi connectivity index (χ4n) is 3.42. The summed E-state index contributed by atoms with van der Waals surface area (Å²) < 4.78 is 0. The lowest BCUT2D eigenvalue weighted by molar-refractivity contribution is 0.256. The Morgan fingerprint density at radius 1 is 0.667 bits per heavy atom. The van der Waals surface area contributed by atoms with Crippen molar-refractivity contribution < 1.29 is 0 Å². The van der Waals surface area contributed by atoms with Gasteiger partial charge in [0, 0.05) is 0 Å². The average molecular weight is 341 g/mol. The number of hydrogen-bond acceptors (Lipinski definition) is 0. The Morgan fingerprint density at radius 3 is 1.42 bits per heavy atom. The summed E-state index contributed by atoms with van der Waals surface area (Å²) in [6, 6.07) is 0. The summed E-state index contributed by atoms with van der Waals surface area (Å²) in [4.78, 5) is 0. The highest BCUT2D eigenvalue weighted by atomic mass is 14.2. The van der Waals surface area contributed by atoms with Crippen LogP contribution in [0.2, 0.25) is 0 Å². The first-order chi connectivity index (χ1) is 11.2. The maximum Gasteiger partial charge on any atom is -0.0412 e. The van der Waals surface area contributed by atoms with Gasteiger partial charge in [-0.3, -0.25) is 0 Å². The van der Waals surface area contributed by atoms with Gasteiger partial charge in [0.15, 0.2) is 0 Å². The summed E-state index contributed by atoms with van der Waals surface area (Å²) in [6.07, 6.45) is 14.3. The fraction of sp³-hybridized carbons (Fsp3) is 1.00. The van der Waals surface area contributed by atoms with Crippen molar-refractivity contribution in [1.82, 2.24) is 0 Å². The molecule has 0 aromatic carbocycles. The zero-order chi connectivity index (χ0) is 19.0. The van der Waals surface area contributed by atoms with Gasteiger partial charge >= 0.3 is 0 Å². The molecule has 0 saturated heterocycles. The van der Waals surface area contributed by atoms with E-state index in [1.165, 1.54) is 64.2 Å². The molecular formula is C24H52. The maximum atomic E-state index is 2.39. The first-order valence-electron chi connectivity index (χ1n) is 11.2. The molecule has 0 heterocycles. The smallest absolute Gasteiger partial charge is 0.0412 e. The molecule has 148 valence electrons. The number of unbranched alkanes of at least 4 members (excludes halogenated alkanes) is 1. The standard InChI is InChI=1S/C11H22.C7H16.C6H14/c1-9(2)8-11-6-4-10(3)5-7-11;1-4-5-6-7(2)3;1-4-5-6(2)3/h9-11H,4-8H2,1-3H3;7H,4-6H2,1-3H3;6H,4-5H2,1-3H3. The lowest BCUT2D eigenvalue weighted by atomic mass is 9.79. The molecule has 0 heteroatoms. The summed E-state index contributed by atoms with van der Waals surface area (Å²) in [5, 5.41) is 0. The van der Waals surface area contributed by atoms with E-state index in [0.717, 1.165) is 29.6 Å². The summed E-state index contributed by atoms with van der Waals surface area (Å²) in [6.45, 7) is 20.6. The molecule has 0 aromatic heterocycles. The lowest BCUT2D eigenvalue weighted by Gasteiger charge is -2.27. The van der Waals surface area contributed by atoms with E-state index in [0.29, 0.717) is 0 Å². The van der Waals surface area contributed by atoms with Crippen LogP contribution < -0.4 is 0 Å². The predicted molar refractivity (Wildman–Crippen MR) is 115 cm³/mol. The van der Waals surface area contributed by atoms with Gasteiger partial charge in [0.05, 0.1) is 0 Å². The molecular weight excluding hydrogens is 288 g/mol. The van der Waals surface area contributed by atoms with Gasteiger partial charge in [0.2, 0.25) is 0 Å². The summed E-state index contributed by atoms with van der Waals surface area (Å²) >= 11 is 0. The van der Waals surface area contributed by atoms with Crippen molar-refractivity contribution >= 4 is 0 Å². The molecule has 0 atom stereocenters. The Kier molecular flexibility index (Phi) is 19.5. The highest BCUT2D eigenvalue weighted by molar-refractivity contribution is 4.70. The minimum absolute atomic E-state index is 0.898. The molecule has 1 saturated carbocycles. The molecule has 0 N–H and O–H groups in total. The third kappa shape index (κ3) is 22.0. The molecule has 0 bridgehead atoms. The summed E-state index contributed by atoms with van der Waals surface area (Å²) in [7, 11) is 0. The Balaban J connectivity index is 0. The van der Waals surface area contributed by atoms with Crippen molar-refractivity contribution in [3.05, 3.63) is 0 Å². The third-order valence-electron chi connectivity index (χ3n) is 4.94. The molecule has 0 unspecified atom stereocenters. The van der Waals surface area contributed by atoms with Crippen molar-refractivity contribution in [3.8, 4) is 0 Å². The first kappa shape index (κ1) is 26.2. The molecule has 0 aromatic rings. The molecule has 1 rings (SSSR count). The quantitative estimate of drug-likeness (QED) is 0.433. The van der Waals surface area contributed by atoms with E-state index in [4.69, 9.17) is 0 Å². The van der Waals surface area contributed by atoms with Crippen LogP contribution >= 0.6 is 0 Å². The minimum atomic E-state index is 0.898. The Hall–Kier alpha value is 0. The number of rotatable bonds is 7. The maximum absolute atomic E-state index is 2.39. The fourth-order valence-corrected chi connectivity index (χ4v) is 3.42. The lowest BCUT2D eigenvalue weighted by Crippen LogP contribution is -2.13. The van der Waals surface area contributed by atoms with Crippen molar-refractivity contribution in [2.45, 2.75) is 127 Å². The minimum Gasteiger partial charge on any atom is -0.0654 e. The third-order valence-corrected chi connectivity index (χ3v) is 4.94. The highest BCUT2D eigenvalue weighted by Gasteiger charge is 2.18. The van der Waals surface area contributed by atoms with Crippen LogP contribution in [-0.4, -0.2) is 0 Å². The second kappa shape index (κ2) is 17.8. The van der Waals surface area contributed by atoms with Crippen LogP contribution in [-0.2, 0) is 0 Å². The second-order valence-corrected chi connectivity index (χ2v) is 9.47. The molecule has 0 radical (unpaired) electrons. The summed E-state index contributed by atoms with van der Waals surface area (Å²) in [5.74, 6) is 4.79. The van der Waals surface area contributed by atoms with Gasteiger partial charge in [0.1, 0.15) is 0 Å². The van der Waals surface area contributed by atoms with Crippen molar-refractivity contribution in [2.24, 2.45) is 29.6 Å². The highest BCUT2D eigenvalue weighted by Crippen LogP contribution is 2.31. The van der Waals surface area contributed by atoms with Crippen LogP contribution in [0.25, 0.3) is 0 Å². The Bertz CT molecular complexity index is 218. The number of hydrogen-bond donors (Lipinski definition) is 0. The van der Waals surface area contributed by atoms with E-state index in [1.54, 1.807) is 0 Å². The van der Waals surface area contributed by atoms with E-state index >= 15 is 0 Å². The van der Waals surface area contributed by atoms with E-state index in [-0.39, 0.29) is 0 Å². The van der Waals surface area contributed by atoms with Crippen LogP contribution in [0, 0.1) is 29.6 Å². The van der Waals surface area contributed by atoms with Gasteiger partial charge in [-0.2, -0.15) is 0 Å². The van der Waals surface area contributed by atoms with Crippen LogP contribution in [0.4, 0.5) is 0 Å². The van der Waals surface area contributed by atoms with Crippen molar-refractivity contribution in [1.29, 1.82) is 0 Å². The monoisotopic (exact) mass is 340 g/mol. The van der Waals surface area contributed by atoms with E-state index in [2.05, 4.69) is 62.3 Å². The van der Waals surface area contributed by atoms with Gasteiger partial charge < -0.3 is 0 Å². The Morgan fingerprint density at radius 2 is 1.17 bits per heavy atom. The first-order valence-corrected chi connectivity index (χ1v) is 11.2. The van der Waals surface area contributed by atoms with Crippen LogP contribution in [0.1, 0.15) is 127 Å². The largest absolute Gasteiger partial charge is 0.0654 e. The van der Waals surface area contributed by atoms with Gasteiger partial charge in [-0.15, -0.1) is 0 Å². The molecule has 0 spiro atoms. The van der Waals surface area contributed by atoms with Crippen LogP contribution in [0.5, 0.6) is 0 Å². The topological polar surface area (TPSA) is 0 Å². The molecule has 0 nitrogen and oxygen atoms in total. The van der Waals surface area contributed by atoms with Gasteiger partial charge in [-0.1, -0.05) is 120 Å². The zero-order valence-electron chi connectivity index (χ0n) is 19.0. The van der Waals surface area contributed by atoms with Gasteiger partial charge in [0.25, 0.3) is 0 Å². The van der Waals surface area contributed by atoms with Crippen LogP contribution in [0.15, 0.2) is 0 Å². The summed E-state index contributed by atoms with van der Waals surface area (Å²) in [5.41, 5.74) is 0. The molecule has 1 aliphatic rings. The van der Waals surface area contributed by atoms with E-state index < -0.39 is 0 Å². The second-order valence-electron chi connectivity index (χ2n) is 9.47. The molecule has 1 fully saturated rings. The van der Waals surface area contributed by atoms with E-state index in [1.807, 2.05) is 0 Å².